The van der Waals surface area contributed by atoms with Gasteiger partial charge in [-0.25, -0.2) is 14.5 Å². The van der Waals surface area contributed by atoms with E-state index in [4.69, 9.17) is 5.11 Å². The van der Waals surface area contributed by atoms with Crippen LogP contribution in [0.1, 0.15) is 21.5 Å². The number of nitrogens with one attached hydrogen (secondary N) is 1. The number of rotatable bonds is 6. The predicted octanol–water partition coefficient (Wildman–Crippen LogP) is 2.21. The summed E-state index contributed by atoms with van der Waals surface area (Å²) in [5.41, 5.74) is 2.30. The highest BCUT2D eigenvalue weighted by atomic mass is 16.4. The number of benzene rings is 2. The van der Waals surface area contributed by atoms with Crippen molar-refractivity contribution in [1.29, 1.82) is 0 Å². The second-order valence-electron chi connectivity index (χ2n) is 5.48. The summed E-state index contributed by atoms with van der Waals surface area (Å²) < 4.78 is 1.70. The van der Waals surface area contributed by atoms with Gasteiger partial charge in [0.05, 0.1) is 18.5 Å². The summed E-state index contributed by atoms with van der Waals surface area (Å²) in [6.45, 7) is 0.597. The van der Waals surface area contributed by atoms with Gasteiger partial charge in [0.15, 0.2) is 0 Å². The number of carboxylic acids is 1. The van der Waals surface area contributed by atoms with Crippen molar-refractivity contribution in [3.63, 3.8) is 0 Å². The van der Waals surface area contributed by atoms with Crippen LogP contribution in [0.25, 0.3) is 0 Å². The molecular formula is C18H16N4O3. The molecule has 0 saturated carbocycles. The molecule has 0 bridgehead atoms. The minimum atomic E-state index is -1.04. The molecule has 0 atom stereocenters. The zero-order valence-electron chi connectivity index (χ0n) is 13.3. The number of carbonyl (C=O) groups is 2. The lowest BCUT2D eigenvalue weighted by atomic mass is 10.0. The van der Waals surface area contributed by atoms with Crippen LogP contribution in [-0.2, 0) is 17.8 Å². The van der Waals surface area contributed by atoms with Crippen LogP contribution in [0, 0.1) is 0 Å². The first-order valence-electron chi connectivity index (χ1n) is 7.64. The molecule has 1 amide bonds. The van der Waals surface area contributed by atoms with E-state index >= 15 is 0 Å². The first-order valence-corrected chi connectivity index (χ1v) is 7.64. The molecule has 0 radical (unpaired) electrons. The quantitative estimate of drug-likeness (QED) is 0.719. The minimum absolute atomic E-state index is 0.00316. The number of anilines is 1. The Labute approximate surface area is 143 Å². The lowest BCUT2D eigenvalue weighted by Crippen LogP contribution is -2.16. The fraction of sp³-hybridized carbons (Fsp3) is 0.111. The van der Waals surface area contributed by atoms with Gasteiger partial charge < -0.3 is 10.4 Å². The molecule has 3 aromatic rings. The van der Waals surface area contributed by atoms with E-state index in [1.165, 1.54) is 12.4 Å². The van der Waals surface area contributed by atoms with Crippen molar-refractivity contribution < 1.29 is 14.7 Å². The zero-order valence-corrected chi connectivity index (χ0v) is 13.3. The summed E-state index contributed by atoms with van der Waals surface area (Å²) >= 11 is 0. The van der Waals surface area contributed by atoms with Crippen LogP contribution in [0.4, 0.5) is 5.69 Å². The summed E-state index contributed by atoms with van der Waals surface area (Å²) in [6.07, 6.45) is 3.11. The Morgan fingerprint density at radius 2 is 1.84 bits per heavy atom. The van der Waals surface area contributed by atoms with Gasteiger partial charge in [-0.05, 0) is 29.3 Å². The Hall–Kier alpha value is -3.48. The van der Waals surface area contributed by atoms with Crippen LogP contribution in [-0.4, -0.2) is 31.7 Å². The van der Waals surface area contributed by atoms with Crippen molar-refractivity contribution in [3.05, 3.63) is 77.9 Å². The highest BCUT2D eigenvalue weighted by Crippen LogP contribution is 2.13. The molecule has 2 aromatic carbocycles. The van der Waals surface area contributed by atoms with E-state index in [1.807, 2.05) is 12.1 Å². The highest BCUT2D eigenvalue weighted by molar-refractivity contribution is 5.96. The lowest BCUT2D eigenvalue weighted by molar-refractivity contribution is -0.115. The molecule has 0 aliphatic carbocycles. The van der Waals surface area contributed by atoms with Crippen molar-refractivity contribution in [2.45, 2.75) is 13.0 Å². The van der Waals surface area contributed by atoms with Gasteiger partial charge in [-0.1, -0.05) is 30.3 Å². The molecule has 0 aliphatic heterocycles. The average Bonchev–Trinajstić information content (AvgIpc) is 3.10. The molecule has 126 valence electrons. The van der Waals surface area contributed by atoms with Crippen LogP contribution in [0.5, 0.6) is 0 Å². The third kappa shape index (κ3) is 4.29. The van der Waals surface area contributed by atoms with Gasteiger partial charge in [0.2, 0.25) is 5.91 Å². The number of hydrogen-bond donors (Lipinski definition) is 2. The summed E-state index contributed by atoms with van der Waals surface area (Å²) in [4.78, 5) is 27.2. The van der Waals surface area contributed by atoms with E-state index in [-0.39, 0.29) is 17.9 Å². The largest absolute Gasteiger partial charge is 0.478 e. The van der Waals surface area contributed by atoms with Gasteiger partial charge in [-0.15, -0.1) is 0 Å². The number of aromatic nitrogens is 3. The second kappa shape index (κ2) is 7.39. The molecule has 7 heteroatoms. The molecule has 3 rings (SSSR count). The number of nitrogens with zero attached hydrogens (tertiary/aromatic N) is 3. The van der Waals surface area contributed by atoms with Gasteiger partial charge in [0.25, 0.3) is 0 Å². The summed E-state index contributed by atoms with van der Waals surface area (Å²) in [5, 5.41) is 16.0. The molecule has 7 nitrogen and oxygen atoms in total. The molecule has 0 fully saturated rings. The molecule has 0 unspecified atom stereocenters. The Bertz CT molecular complexity index is 874. The zero-order chi connectivity index (χ0) is 17.6. The first kappa shape index (κ1) is 16.4. The SMILES string of the molecule is O=C(Cc1ccccc1C(=O)O)Nc1ccc(Cn2cncn2)cc1. The van der Waals surface area contributed by atoms with E-state index in [0.29, 0.717) is 17.8 Å². The molecule has 2 N–H and O–H groups in total. The van der Waals surface area contributed by atoms with Gasteiger partial charge in [0, 0.05) is 5.69 Å². The normalized spacial score (nSPS) is 10.4. The maximum absolute atomic E-state index is 12.2. The fourth-order valence-electron chi connectivity index (χ4n) is 2.46. The molecule has 25 heavy (non-hydrogen) atoms. The van der Waals surface area contributed by atoms with E-state index in [0.717, 1.165) is 5.56 Å². The third-order valence-corrected chi connectivity index (χ3v) is 3.65. The van der Waals surface area contributed by atoms with Gasteiger partial charge >= 0.3 is 5.97 Å². The number of aromatic carboxylic acids is 1. The van der Waals surface area contributed by atoms with Crippen LogP contribution < -0.4 is 5.32 Å². The van der Waals surface area contributed by atoms with E-state index in [2.05, 4.69) is 15.4 Å². The Morgan fingerprint density at radius 1 is 1.08 bits per heavy atom. The third-order valence-electron chi connectivity index (χ3n) is 3.65. The second-order valence-corrected chi connectivity index (χ2v) is 5.48. The number of carbonyl (C=O) groups excluding carboxylic acids is 1. The smallest absolute Gasteiger partial charge is 0.335 e. The summed E-state index contributed by atoms with van der Waals surface area (Å²) in [7, 11) is 0. The molecule has 1 aromatic heterocycles. The van der Waals surface area contributed by atoms with Crippen LogP contribution in [0.2, 0.25) is 0 Å². The minimum Gasteiger partial charge on any atom is -0.478 e. The molecular weight excluding hydrogens is 320 g/mol. The van der Waals surface area contributed by atoms with Crippen LogP contribution in [0.15, 0.2) is 61.2 Å². The molecule has 0 aliphatic rings. The van der Waals surface area contributed by atoms with Crippen LogP contribution >= 0.6 is 0 Å². The van der Waals surface area contributed by atoms with Gasteiger partial charge in [-0.2, -0.15) is 5.10 Å². The Kier molecular flexibility index (Phi) is 4.84. The fourth-order valence-corrected chi connectivity index (χ4v) is 2.46. The number of carboxylic acid groups (broad SMARTS) is 1. The Morgan fingerprint density at radius 3 is 2.52 bits per heavy atom. The number of hydrogen-bond acceptors (Lipinski definition) is 4. The van der Waals surface area contributed by atoms with E-state index < -0.39 is 5.97 Å². The van der Waals surface area contributed by atoms with Crippen molar-refractivity contribution in [3.8, 4) is 0 Å². The van der Waals surface area contributed by atoms with E-state index in [9.17, 15) is 9.59 Å². The monoisotopic (exact) mass is 336 g/mol. The topological polar surface area (TPSA) is 97.1 Å². The molecule has 0 spiro atoms. The van der Waals surface area contributed by atoms with Crippen LogP contribution in [0.3, 0.4) is 0 Å². The van der Waals surface area contributed by atoms with Crippen molar-refractivity contribution in [2.75, 3.05) is 5.32 Å². The maximum atomic E-state index is 12.2. The first-order chi connectivity index (χ1) is 12.1. The summed E-state index contributed by atoms with van der Waals surface area (Å²) in [5.74, 6) is -1.31. The number of amides is 1. The standard InChI is InChI=1S/C18H16N4O3/c23-17(9-14-3-1-2-4-16(14)18(24)25)21-15-7-5-13(6-8-15)10-22-12-19-11-20-22/h1-8,11-12H,9-10H2,(H,21,23)(H,24,25). The predicted molar refractivity (Wildman–Crippen MR) is 91.3 cm³/mol. The van der Waals surface area contributed by atoms with E-state index in [1.54, 1.807) is 41.3 Å². The average molecular weight is 336 g/mol. The molecule has 0 saturated heterocycles. The maximum Gasteiger partial charge on any atom is 0.335 e. The van der Waals surface area contributed by atoms with Gasteiger partial charge in [-0.3, -0.25) is 4.79 Å². The van der Waals surface area contributed by atoms with Gasteiger partial charge in [0.1, 0.15) is 12.7 Å². The highest BCUT2D eigenvalue weighted by Gasteiger charge is 2.12. The van der Waals surface area contributed by atoms with Crippen molar-refractivity contribution >= 4 is 17.6 Å². The van der Waals surface area contributed by atoms with Crippen molar-refractivity contribution in [1.82, 2.24) is 14.8 Å². The lowest BCUT2D eigenvalue weighted by Gasteiger charge is -2.08. The van der Waals surface area contributed by atoms with Crippen molar-refractivity contribution in [2.24, 2.45) is 0 Å². The summed E-state index contributed by atoms with van der Waals surface area (Å²) in [6, 6.07) is 13.9. The Balaban J connectivity index is 1.62. The molecule has 1 heterocycles.